The number of nitrogens with zero attached hydrogens (tertiary/aromatic N) is 2. The van der Waals surface area contributed by atoms with Gasteiger partial charge in [-0.2, -0.15) is 0 Å². The Morgan fingerprint density at radius 1 is 1.50 bits per heavy atom. The van der Waals surface area contributed by atoms with E-state index in [2.05, 4.69) is 20.9 Å². The molecule has 0 aliphatic rings. The van der Waals surface area contributed by atoms with E-state index in [-0.39, 0.29) is 11.9 Å². The Morgan fingerprint density at radius 3 is 2.57 bits per heavy atom. The molecule has 0 radical (unpaired) electrons. The van der Waals surface area contributed by atoms with E-state index in [1.54, 1.807) is 30.3 Å². The summed E-state index contributed by atoms with van der Waals surface area (Å²) in [7, 11) is 1.79. The molecule has 0 fully saturated rings. The highest BCUT2D eigenvalue weighted by atomic mass is 79.9. The van der Waals surface area contributed by atoms with Crippen LogP contribution >= 0.6 is 15.9 Å². The lowest BCUT2D eigenvalue weighted by Crippen LogP contribution is -2.32. The van der Waals surface area contributed by atoms with Crippen LogP contribution in [0.2, 0.25) is 0 Å². The van der Waals surface area contributed by atoms with E-state index >= 15 is 0 Å². The number of hydrogen-bond donors (Lipinski definition) is 0. The van der Waals surface area contributed by atoms with Crippen molar-refractivity contribution in [1.29, 1.82) is 0 Å². The summed E-state index contributed by atoms with van der Waals surface area (Å²) in [5.74, 6) is 0.000000000000000444. The molecule has 1 aromatic rings. The molecule has 0 aliphatic heterocycles. The minimum atomic E-state index is 0.000000000000000444. The van der Waals surface area contributed by atoms with Crippen LogP contribution in [-0.2, 0) is 0 Å². The van der Waals surface area contributed by atoms with Gasteiger partial charge in [-0.3, -0.25) is 4.79 Å². The summed E-state index contributed by atoms with van der Waals surface area (Å²) in [5, 5.41) is 0. The van der Waals surface area contributed by atoms with Crippen LogP contribution < -0.4 is 0 Å². The quantitative estimate of drug-likeness (QED) is 0.762. The predicted octanol–water partition coefficient (Wildman–Crippen LogP) is 2.32. The van der Waals surface area contributed by atoms with Gasteiger partial charge < -0.3 is 4.90 Å². The normalized spacial score (nSPS) is 10.4. The van der Waals surface area contributed by atoms with Crippen LogP contribution in [0.1, 0.15) is 24.2 Å². The van der Waals surface area contributed by atoms with Gasteiger partial charge in [0.1, 0.15) is 4.60 Å². The minimum absolute atomic E-state index is 0.000000000000000444. The first-order valence-electron chi connectivity index (χ1n) is 4.41. The molecule has 0 saturated carbocycles. The van der Waals surface area contributed by atoms with Crippen LogP contribution in [0.4, 0.5) is 0 Å². The van der Waals surface area contributed by atoms with Crippen LogP contribution in [-0.4, -0.2) is 28.9 Å². The zero-order valence-corrected chi connectivity index (χ0v) is 10.1. The van der Waals surface area contributed by atoms with Crippen molar-refractivity contribution in [3.63, 3.8) is 0 Å². The topological polar surface area (TPSA) is 33.2 Å². The second-order valence-electron chi connectivity index (χ2n) is 3.38. The summed E-state index contributed by atoms with van der Waals surface area (Å²) >= 11 is 3.22. The van der Waals surface area contributed by atoms with Gasteiger partial charge in [0.05, 0.1) is 5.56 Å². The number of amides is 1. The fourth-order valence-corrected chi connectivity index (χ4v) is 1.18. The molecule has 1 heterocycles. The molecule has 0 aromatic carbocycles. The monoisotopic (exact) mass is 256 g/mol. The van der Waals surface area contributed by atoms with Crippen LogP contribution in [0.15, 0.2) is 22.9 Å². The predicted molar refractivity (Wildman–Crippen MR) is 59.2 cm³/mol. The summed E-state index contributed by atoms with van der Waals surface area (Å²) in [6, 6.07) is 3.73. The van der Waals surface area contributed by atoms with E-state index in [9.17, 15) is 4.79 Å². The minimum Gasteiger partial charge on any atom is -0.339 e. The van der Waals surface area contributed by atoms with E-state index in [0.29, 0.717) is 5.56 Å². The van der Waals surface area contributed by atoms with Crippen LogP contribution in [0, 0.1) is 0 Å². The average molecular weight is 257 g/mol. The Balaban J connectivity index is 2.84. The highest BCUT2D eigenvalue weighted by molar-refractivity contribution is 9.10. The van der Waals surface area contributed by atoms with Gasteiger partial charge in [0.15, 0.2) is 0 Å². The van der Waals surface area contributed by atoms with Crippen molar-refractivity contribution in [3.05, 3.63) is 28.5 Å². The standard InChI is InChI=1S/C10H13BrN2O/c1-7(2)13(3)10(14)8-4-5-9(11)12-6-8/h4-7H,1-3H3. The van der Waals surface area contributed by atoms with E-state index in [0.717, 1.165) is 4.60 Å². The summed E-state index contributed by atoms with van der Waals surface area (Å²) < 4.78 is 0.737. The maximum Gasteiger partial charge on any atom is 0.255 e. The van der Waals surface area contributed by atoms with E-state index in [1.165, 1.54) is 0 Å². The smallest absolute Gasteiger partial charge is 0.255 e. The first-order chi connectivity index (χ1) is 6.52. The molecule has 4 heteroatoms. The van der Waals surface area contributed by atoms with Gasteiger partial charge in [-0.25, -0.2) is 4.98 Å². The molecule has 1 aromatic heterocycles. The van der Waals surface area contributed by atoms with Gasteiger partial charge in [-0.1, -0.05) is 0 Å². The number of pyridine rings is 1. The molecule has 0 spiro atoms. The van der Waals surface area contributed by atoms with Crippen LogP contribution in [0.25, 0.3) is 0 Å². The molecular weight excluding hydrogens is 244 g/mol. The van der Waals surface area contributed by atoms with Crippen molar-refractivity contribution in [2.75, 3.05) is 7.05 Å². The van der Waals surface area contributed by atoms with Gasteiger partial charge >= 0.3 is 0 Å². The zero-order valence-electron chi connectivity index (χ0n) is 8.49. The number of hydrogen-bond acceptors (Lipinski definition) is 2. The summed E-state index contributed by atoms with van der Waals surface area (Å²) in [4.78, 5) is 17.5. The highest BCUT2D eigenvalue weighted by Crippen LogP contribution is 2.09. The largest absolute Gasteiger partial charge is 0.339 e. The number of rotatable bonds is 2. The van der Waals surface area contributed by atoms with Gasteiger partial charge in [0, 0.05) is 19.3 Å². The fourth-order valence-electron chi connectivity index (χ4n) is 0.940. The van der Waals surface area contributed by atoms with Crippen molar-refractivity contribution < 1.29 is 4.79 Å². The zero-order chi connectivity index (χ0) is 10.7. The second kappa shape index (κ2) is 4.55. The lowest BCUT2D eigenvalue weighted by atomic mass is 10.2. The molecule has 14 heavy (non-hydrogen) atoms. The number of carbonyl (C=O) groups excluding carboxylic acids is 1. The Kier molecular flexibility index (Phi) is 3.63. The second-order valence-corrected chi connectivity index (χ2v) is 4.19. The third kappa shape index (κ3) is 2.54. The molecule has 1 amide bonds. The molecule has 1 rings (SSSR count). The molecule has 0 aliphatic carbocycles. The maximum atomic E-state index is 11.8. The third-order valence-corrected chi connectivity index (χ3v) is 2.54. The molecule has 76 valence electrons. The SMILES string of the molecule is CC(C)N(C)C(=O)c1ccc(Br)nc1. The average Bonchev–Trinajstić information content (AvgIpc) is 2.16. The summed E-state index contributed by atoms with van der Waals surface area (Å²) in [5.41, 5.74) is 0.615. The van der Waals surface area contributed by atoms with Gasteiger partial charge in [-0.15, -0.1) is 0 Å². The van der Waals surface area contributed by atoms with Crippen molar-refractivity contribution in [2.45, 2.75) is 19.9 Å². The third-order valence-electron chi connectivity index (χ3n) is 2.07. The van der Waals surface area contributed by atoms with Crippen molar-refractivity contribution in [2.24, 2.45) is 0 Å². The summed E-state index contributed by atoms with van der Waals surface area (Å²) in [6.07, 6.45) is 1.57. The molecule has 0 bridgehead atoms. The van der Waals surface area contributed by atoms with Gasteiger partial charge in [-0.05, 0) is 41.9 Å². The van der Waals surface area contributed by atoms with Crippen molar-refractivity contribution >= 4 is 21.8 Å². The number of aromatic nitrogens is 1. The number of carbonyl (C=O) groups is 1. The van der Waals surface area contributed by atoms with Crippen molar-refractivity contribution in [1.82, 2.24) is 9.88 Å². The van der Waals surface area contributed by atoms with Crippen LogP contribution in [0.5, 0.6) is 0 Å². The Morgan fingerprint density at radius 2 is 2.14 bits per heavy atom. The lowest BCUT2D eigenvalue weighted by molar-refractivity contribution is 0.0754. The Labute approximate surface area is 92.3 Å². The lowest BCUT2D eigenvalue weighted by Gasteiger charge is -2.21. The first-order valence-corrected chi connectivity index (χ1v) is 5.20. The van der Waals surface area contributed by atoms with E-state index in [1.807, 2.05) is 13.8 Å². The molecule has 0 N–H and O–H groups in total. The highest BCUT2D eigenvalue weighted by Gasteiger charge is 2.13. The molecule has 0 unspecified atom stereocenters. The molecular formula is C10H13BrN2O. The Hall–Kier alpha value is -0.900. The fraction of sp³-hybridized carbons (Fsp3) is 0.400. The van der Waals surface area contributed by atoms with E-state index in [4.69, 9.17) is 0 Å². The first kappa shape index (κ1) is 11.2. The summed E-state index contributed by atoms with van der Waals surface area (Å²) in [6.45, 7) is 3.95. The molecule has 0 atom stereocenters. The van der Waals surface area contributed by atoms with E-state index < -0.39 is 0 Å². The van der Waals surface area contributed by atoms with Crippen LogP contribution in [0.3, 0.4) is 0 Å². The number of halogens is 1. The molecule has 3 nitrogen and oxygen atoms in total. The van der Waals surface area contributed by atoms with Gasteiger partial charge in [0.2, 0.25) is 0 Å². The molecule has 0 saturated heterocycles. The Bertz CT molecular complexity index is 321. The van der Waals surface area contributed by atoms with Gasteiger partial charge in [0.25, 0.3) is 5.91 Å². The van der Waals surface area contributed by atoms with Crippen molar-refractivity contribution in [3.8, 4) is 0 Å². The maximum absolute atomic E-state index is 11.8.